The first-order chi connectivity index (χ1) is 14.6. The van der Waals surface area contributed by atoms with Gasteiger partial charge in [-0.25, -0.2) is 0 Å². The summed E-state index contributed by atoms with van der Waals surface area (Å²) < 4.78 is 20.7. The van der Waals surface area contributed by atoms with Crippen molar-refractivity contribution >= 4 is 11.9 Å². The molecule has 1 N–H and O–H groups in total. The average Bonchev–Trinajstić information content (AvgIpc) is 3.25. The minimum absolute atomic E-state index is 0.117. The maximum absolute atomic E-state index is 11.9. The number of aromatic nitrogens is 2. The van der Waals surface area contributed by atoms with Gasteiger partial charge in [0, 0.05) is 6.07 Å². The van der Waals surface area contributed by atoms with Crippen molar-refractivity contribution in [3.8, 4) is 22.9 Å². The number of hydrogen-bond acceptors (Lipinski definition) is 8. The summed E-state index contributed by atoms with van der Waals surface area (Å²) in [6.45, 7) is -0.460. The molecule has 0 unspecified atom stereocenters. The van der Waals surface area contributed by atoms with Gasteiger partial charge >= 0.3 is 5.97 Å². The van der Waals surface area contributed by atoms with Crippen LogP contribution in [0.1, 0.15) is 11.5 Å². The zero-order chi connectivity index (χ0) is 21.3. The summed E-state index contributed by atoms with van der Waals surface area (Å²) in [5, 5.41) is 6.40. The van der Waals surface area contributed by atoms with E-state index in [-0.39, 0.29) is 37.2 Å². The Bertz CT molecular complexity index is 1000. The summed E-state index contributed by atoms with van der Waals surface area (Å²) in [6.07, 6.45) is 0.185. The van der Waals surface area contributed by atoms with Crippen molar-refractivity contribution in [2.75, 3.05) is 20.8 Å². The van der Waals surface area contributed by atoms with Crippen LogP contribution >= 0.6 is 0 Å². The SMILES string of the molecule is COc1ccc(-c2noc(COC(=O)CNC(=O)Cc3ccccc3)n2)c(OC)c1. The molecular formula is C21H21N3O6. The van der Waals surface area contributed by atoms with E-state index in [2.05, 4.69) is 15.5 Å². The molecule has 0 saturated heterocycles. The molecule has 0 saturated carbocycles. The molecule has 0 atom stereocenters. The molecule has 0 spiro atoms. The van der Waals surface area contributed by atoms with Crippen LogP contribution in [0.2, 0.25) is 0 Å². The molecule has 1 heterocycles. The number of methoxy groups -OCH3 is 2. The van der Waals surface area contributed by atoms with Crippen LogP contribution in [0.15, 0.2) is 53.1 Å². The molecule has 1 aromatic heterocycles. The molecule has 2 aromatic carbocycles. The predicted octanol–water partition coefficient (Wildman–Crippen LogP) is 2.16. The van der Waals surface area contributed by atoms with Crippen LogP contribution in [0, 0.1) is 0 Å². The molecule has 0 radical (unpaired) electrons. The van der Waals surface area contributed by atoms with Crippen molar-refractivity contribution in [3.63, 3.8) is 0 Å². The number of benzene rings is 2. The van der Waals surface area contributed by atoms with Gasteiger partial charge in [-0.2, -0.15) is 4.98 Å². The van der Waals surface area contributed by atoms with Crippen LogP contribution in [0.3, 0.4) is 0 Å². The van der Waals surface area contributed by atoms with Gasteiger partial charge in [-0.15, -0.1) is 0 Å². The summed E-state index contributed by atoms with van der Waals surface area (Å²) in [6, 6.07) is 14.4. The van der Waals surface area contributed by atoms with E-state index in [4.69, 9.17) is 18.7 Å². The van der Waals surface area contributed by atoms with Crippen LogP contribution in [-0.4, -0.2) is 42.8 Å². The van der Waals surface area contributed by atoms with E-state index >= 15 is 0 Å². The molecule has 3 rings (SSSR count). The van der Waals surface area contributed by atoms with Gasteiger partial charge in [-0.1, -0.05) is 35.5 Å². The zero-order valence-electron chi connectivity index (χ0n) is 16.6. The Kier molecular flexibility index (Phi) is 6.99. The predicted molar refractivity (Wildman–Crippen MR) is 106 cm³/mol. The largest absolute Gasteiger partial charge is 0.497 e. The van der Waals surface area contributed by atoms with E-state index in [0.29, 0.717) is 17.1 Å². The van der Waals surface area contributed by atoms with Crippen molar-refractivity contribution in [1.82, 2.24) is 15.5 Å². The van der Waals surface area contributed by atoms with Gasteiger partial charge in [0.25, 0.3) is 5.89 Å². The first-order valence-electron chi connectivity index (χ1n) is 9.10. The maximum atomic E-state index is 11.9. The summed E-state index contributed by atoms with van der Waals surface area (Å²) in [5.74, 6) is 0.661. The lowest BCUT2D eigenvalue weighted by molar-refractivity contribution is -0.145. The highest BCUT2D eigenvalue weighted by molar-refractivity contribution is 5.83. The highest BCUT2D eigenvalue weighted by Crippen LogP contribution is 2.31. The number of nitrogens with zero attached hydrogens (tertiary/aromatic N) is 2. The fraction of sp³-hybridized carbons (Fsp3) is 0.238. The molecule has 0 aliphatic rings. The van der Waals surface area contributed by atoms with Gasteiger partial charge in [0.05, 0.1) is 26.2 Å². The summed E-state index contributed by atoms with van der Waals surface area (Å²) in [5.41, 5.74) is 1.46. The van der Waals surface area contributed by atoms with E-state index in [9.17, 15) is 9.59 Å². The highest BCUT2D eigenvalue weighted by atomic mass is 16.6. The first-order valence-corrected chi connectivity index (χ1v) is 9.10. The molecule has 30 heavy (non-hydrogen) atoms. The normalized spacial score (nSPS) is 10.3. The smallest absolute Gasteiger partial charge is 0.325 e. The van der Waals surface area contributed by atoms with Crippen LogP contribution in [0.25, 0.3) is 11.4 Å². The third-order valence-electron chi connectivity index (χ3n) is 4.11. The number of amides is 1. The van der Waals surface area contributed by atoms with Gasteiger partial charge in [0.1, 0.15) is 18.0 Å². The Balaban J connectivity index is 1.49. The van der Waals surface area contributed by atoms with E-state index in [1.807, 2.05) is 30.3 Å². The quantitative estimate of drug-likeness (QED) is 0.533. The van der Waals surface area contributed by atoms with E-state index < -0.39 is 5.97 Å². The molecule has 0 bridgehead atoms. The number of esters is 1. The maximum Gasteiger partial charge on any atom is 0.325 e. The molecule has 156 valence electrons. The third-order valence-corrected chi connectivity index (χ3v) is 4.11. The molecule has 1 amide bonds. The highest BCUT2D eigenvalue weighted by Gasteiger charge is 2.16. The van der Waals surface area contributed by atoms with E-state index in [1.54, 1.807) is 25.3 Å². The number of rotatable bonds is 9. The Hall–Kier alpha value is -3.88. The van der Waals surface area contributed by atoms with Crippen molar-refractivity contribution in [1.29, 1.82) is 0 Å². The Morgan fingerprint density at radius 2 is 1.87 bits per heavy atom. The van der Waals surface area contributed by atoms with Gasteiger partial charge in [-0.3, -0.25) is 9.59 Å². The number of carbonyl (C=O) groups is 2. The topological polar surface area (TPSA) is 113 Å². The van der Waals surface area contributed by atoms with Crippen molar-refractivity contribution in [3.05, 3.63) is 60.0 Å². The van der Waals surface area contributed by atoms with Crippen molar-refractivity contribution in [2.24, 2.45) is 0 Å². The molecule has 9 nitrogen and oxygen atoms in total. The number of carbonyl (C=O) groups excluding carboxylic acids is 2. The van der Waals surface area contributed by atoms with E-state index in [0.717, 1.165) is 5.56 Å². The fourth-order valence-electron chi connectivity index (χ4n) is 2.61. The molecule has 0 fully saturated rings. The Morgan fingerprint density at radius 3 is 2.60 bits per heavy atom. The number of hydrogen-bond donors (Lipinski definition) is 1. The number of nitrogens with one attached hydrogen (secondary N) is 1. The lowest BCUT2D eigenvalue weighted by Gasteiger charge is -2.07. The zero-order valence-corrected chi connectivity index (χ0v) is 16.6. The standard InChI is InChI=1S/C21H21N3O6/c1-27-15-8-9-16(17(11-15)28-2)21-23-19(30-24-21)13-29-20(26)12-22-18(25)10-14-6-4-3-5-7-14/h3-9,11H,10,12-13H2,1-2H3,(H,22,25). The fourth-order valence-corrected chi connectivity index (χ4v) is 2.61. The molecular weight excluding hydrogens is 390 g/mol. The Morgan fingerprint density at radius 1 is 1.07 bits per heavy atom. The first kappa shape index (κ1) is 20.8. The lowest BCUT2D eigenvalue weighted by Crippen LogP contribution is -2.31. The lowest BCUT2D eigenvalue weighted by atomic mass is 10.1. The van der Waals surface area contributed by atoms with E-state index in [1.165, 1.54) is 7.11 Å². The minimum atomic E-state index is -0.613. The van der Waals surface area contributed by atoms with Gasteiger partial charge in [-0.05, 0) is 17.7 Å². The molecule has 0 aliphatic carbocycles. The summed E-state index contributed by atoms with van der Waals surface area (Å²) in [7, 11) is 3.08. The van der Waals surface area contributed by atoms with Crippen LogP contribution in [0.5, 0.6) is 11.5 Å². The second kappa shape index (κ2) is 10.1. The van der Waals surface area contributed by atoms with Crippen molar-refractivity contribution in [2.45, 2.75) is 13.0 Å². The monoisotopic (exact) mass is 411 g/mol. The summed E-state index contributed by atoms with van der Waals surface area (Å²) in [4.78, 5) is 27.9. The van der Waals surface area contributed by atoms with Gasteiger partial charge in [0.15, 0.2) is 6.61 Å². The van der Waals surface area contributed by atoms with Crippen molar-refractivity contribution < 1.29 is 28.3 Å². The molecule has 9 heteroatoms. The number of ether oxygens (including phenoxy) is 3. The molecule has 0 aliphatic heterocycles. The second-order valence-corrected chi connectivity index (χ2v) is 6.18. The van der Waals surface area contributed by atoms with Gasteiger partial charge < -0.3 is 24.1 Å². The third kappa shape index (κ3) is 5.57. The average molecular weight is 411 g/mol. The summed E-state index contributed by atoms with van der Waals surface area (Å²) >= 11 is 0. The van der Waals surface area contributed by atoms with Gasteiger partial charge in [0.2, 0.25) is 11.7 Å². The van der Waals surface area contributed by atoms with Crippen LogP contribution < -0.4 is 14.8 Å². The van der Waals surface area contributed by atoms with Crippen LogP contribution in [0.4, 0.5) is 0 Å². The van der Waals surface area contributed by atoms with Crippen LogP contribution in [-0.2, 0) is 27.4 Å². The second-order valence-electron chi connectivity index (χ2n) is 6.18. The Labute approximate surface area is 172 Å². The molecule has 3 aromatic rings. The minimum Gasteiger partial charge on any atom is -0.497 e.